The Balaban J connectivity index is 2.27. The maximum atomic E-state index is 11.3. The first-order valence-electron chi connectivity index (χ1n) is 4.97. The molecule has 0 aromatic heterocycles. The van der Waals surface area contributed by atoms with Crippen molar-refractivity contribution in [1.29, 1.82) is 0 Å². The Morgan fingerprint density at radius 2 is 2.33 bits per heavy atom. The third-order valence-corrected chi connectivity index (χ3v) is 2.34. The molecule has 86 valence electrons. The van der Waals surface area contributed by atoms with Crippen molar-refractivity contribution in [2.24, 2.45) is 5.73 Å². The summed E-state index contributed by atoms with van der Waals surface area (Å²) in [5.41, 5.74) is 5.76. The van der Waals surface area contributed by atoms with E-state index in [2.05, 4.69) is 10.1 Å². The summed E-state index contributed by atoms with van der Waals surface area (Å²) in [6.07, 6.45) is 1.27. The number of nitrogens with two attached hydrogens (primary N) is 1. The first-order chi connectivity index (χ1) is 7.11. The zero-order chi connectivity index (χ0) is 11.3. The number of piperidine rings is 1. The normalized spacial score (nSPS) is 22.1. The molecule has 1 aliphatic heterocycles. The summed E-state index contributed by atoms with van der Waals surface area (Å²) in [4.78, 5) is 24.0. The molecule has 6 nitrogen and oxygen atoms in total. The summed E-state index contributed by atoms with van der Waals surface area (Å²) in [5, 5.41) is 2.11. The fourth-order valence-electron chi connectivity index (χ4n) is 1.64. The monoisotopic (exact) mass is 215 g/mol. The van der Waals surface area contributed by atoms with Gasteiger partial charge in [-0.2, -0.15) is 0 Å². The summed E-state index contributed by atoms with van der Waals surface area (Å²) < 4.78 is 4.32. The Kier molecular flexibility index (Phi) is 4.51. The Bertz CT molecular complexity index is 245. The SMILES string of the molecule is COC(=O)NC(=O)CN1CCC[C@@H](N)C1. The van der Waals surface area contributed by atoms with Crippen LogP contribution in [0, 0.1) is 0 Å². The van der Waals surface area contributed by atoms with E-state index >= 15 is 0 Å². The molecule has 0 aliphatic carbocycles. The number of imide groups is 1. The maximum absolute atomic E-state index is 11.3. The summed E-state index contributed by atoms with van der Waals surface area (Å²) in [7, 11) is 1.22. The molecule has 0 bridgehead atoms. The topological polar surface area (TPSA) is 84.7 Å². The lowest BCUT2D eigenvalue weighted by Gasteiger charge is -2.29. The van der Waals surface area contributed by atoms with Crippen LogP contribution in [0.2, 0.25) is 0 Å². The van der Waals surface area contributed by atoms with Crippen LogP contribution in [0.4, 0.5) is 4.79 Å². The van der Waals surface area contributed by atoms with Crippen LogP contribution in [0.3, 0.4) is 0 Å². The molecule has 0 unspecified atom stereocenters. The Morgan fingerprint density at radius 3 is 2.93 bits per heavy atom. The van der Waals surface area contributed by atoms with E-state index in [1.54, 1.807) is 0 Å². The quantitative estimate of drug-likeness (QED) is 0.635. The van der Waals surface area contributed by atoms with Crippen molar-refractivity contribution in [3.05, 3.63) is 0 Å². The molecule has 1 saturated heterocycles. The van der Waals surface area contributed by atoms with Crippen molar-refractivity contribution in [1.82, 2.24) is 10.2 Å². The largest absolute Gasteiger partial charge is 0.453 e. The van der Waals surface area contributed by atoms with Gasteiger partial charge in [0.25, 0.3) is 0 Å². The number of methoxy groups -OCH3 is 1. The summed E-state index contributed by atoms with van der Waals surface area (Å²) in [5.74, 6) is -0.351. The number of likely N-dealkylation sites (tertiary alicyclic amines) is 1. The lowest BCUT2D eigenvalue weighted by molar-refractivity contribution is -0.121. The van der Waals surface area contributed by atoms with Gasteiger partial charge in [-0.25, -0.2) is 4.79 Å². The summed E-state index contributed by atoms with van der Waals surface area (Å²) in [6.45, 7) is 1.75. The maximum Gasteiger partial charge on any atom is 0.413 e. The highest BCUT2D eigenvalue weighted by Gasteiger charge is 2.19. The van der Waals surface area contributed by atoms with Gasteiger partial charge in [0.1, 0.15) is 0 Å². The van der Waals surface area contributed by atoms with Gasteiger partial charge in [0.15, 0.2) is 0 Å². The molecule has 0 aromatic rings. The number of alkyl carbamates (subject to hydrolysis) is 1. The lowest BCUT2D eigenvalue weighted by Crippen LogP contribution is -2.47. The highest BCUT2D eigenvalue weighted by atomic mass is 16.5. The second kappa shape index (κ2) is 5.67. The van der Waals surface area contributed by atoms with Crippen LogP contribution in [0.5, 0.6) is 0 Å². The molecule has 1 rings (SSSR count). The van der Waals surface area contributed by atoms with Crippen LogP contribution < -0.4 is 11.1 Å². The Morgan fingerprint density at radius 1 is 1.60 bits per heavy atom. The molecule has 0 radical (unpaired) electrons. The molecule has 3 N–H and O–H groups in total. The number of amides is 2. The molecular formula is C9H17N3O3. The number of hydrogen-bond donors (Lipinski definition) is 2. The van der Waals surface area contributed by atoms with Crippen LogP contribution in [0.25, 0.3) is 0 Å². The molecule has 0 spiro atoms. The van der Waals surface area contributed by atoms with Gasteiger partial charge in [-0.05, 0) is 19.4 Å². The van der Waals surface area contributed by atoms with Crippen molar-refractivity contribution in [2.75, 3.05) is 26.7 Å². The first kappa shape index (κ1) is 11.9. The Labute approximate surface area is 88.7 Å². The number of carbonyl (C=O) groups excluding carboxylic acids is 2. The zero-order valence-electron chi connectivity index (χ0n) is 8.86. The van der Waals surface area contributed by atoms with E-state index in [1.165, 1.54) is 7.11 Å². The molecule has 0 aromatic carbocycles. The first-order valence-corrected chi connectivity index (χ1v) is 4.97. The molecular weight excluding hydrogens is 198 g/mol. The van der Waals surface area contributed by atoms with Gasteiger partial charge >= 0.3 is 6.09 Å². The fourth-order valence-corrected chi connectivity index (χ4v) is 1.64. The van der Waals surface area contributed by atoms with Crippen LogP contribution in [-0.2, 0) is 9.53 Å². The molecule has 15 heavy (non-hydrogen) atoms. The molecule has 1 fully saturated rings. The van der Waals surface area contributed by atoms with Crippen LogP contribution in [0.1, 0.15) is 12.8 Å². The minimum absolute atomic E-state index is 0.129. The van der Waals surface area contributed by atoms with E-state index in [0.717, 1.165) is 19.4 Å². The van der Waals surface area contributed by atoms with Crippen molar-refractivity contribution in [2.45, 2.75) is 18.9 Å². The van der Waals surface area contributed by atoms with Gasteiger partial charge in [0.2, 0.25) is 5.91 Å². The number of nitrogens with zero attached hydrogens (tertiary/aromatic N) is 1. The molecule has 1 aliphatic rings. The molecule has 0 saturated carbocycles. The molecule has 1 heterocycles. The van der Waals surface area contributed by atoms with Gasteiger partial charge in [0.05, 0.1) is 13.7 Å². The highest BCUT2D eigenvalue weighted by Crippen LogP contribution is 2.07. The third kappa shape index (κ3) is 4.26. The van der Waals surface area contributed by atoms with E-state index < -0.39 is 6.09 Å². The van der Waals surface area contributed by atoms with Gasteiger partial charge in [-0.3, -0.25) is 15.0 Å². The number of carbonyl (C=O) groups is 2. The van der Waals surface area contributed by atoms with Crippen LogP contribution in [-0.4, -0.2) is 49.7 Å². The number of rotatable bonds is 2. The predicted octanol–water partition coefficient (Wildman–Crippen LogP) is -0.708. The van der Waals surface area contributed by atoms with Crippen molar-refractivity contribution >= 4 is 12.0 Å². The van der Waals surface area contributed by atoms with Crippen molar-refractivity contribution < 1.29 is 14.3 Å². The summed E-state index contributed by atoms with van der Waals surface area (Å²) >= 11 is 0. The lowest BCUT2D eigenvalue weighted by atomic mass is 10.1. The average Bonchev–Trinajstić information content (AvgIpc) is 2.17. The van der Waals surface area contributed by atoms with Gasteiger partial charge in [-0.15, -0.1) is 0 Å². The van der Waals surface area contributed by atoms with Gasteiger partial charge < -0.3 is 10.5 Å². The standard InChI is InChI=1S/C9H17N3O3/c1-15-9(14)11-8(13)6-12-4-2-3-7(10)5-12/h7H,2-6,10H2,1H3,(H,11,13,14)/t7-/m1/s1. The molecule has 2 amide bonds. The predicted molar refractivity (Wildman–Crippen MR) is 54.2 cm³/mol. The average molecular weight is 215 g/mol. The van der Waals surface area contributed by atoms with Gasteiger partial charge in [-0.1, -0.05) is 0 Å². The molecule has 6 heteroatoms. The Hall–Kier alpha value is -1.14. The van der Waals surface area contributed by atoms with Crippen molar-refractivity contribution in [3.63, 3.8) is 0 Å². The second-order valence-corrected chi connectivity index (χ2v) is 3.68. The van der Waals surface area contributed by atoms with Crippen LogP contribution in [0.15, 0.2) is 0 Å². The van der Waals surface area contributed by atoms with E-state index in [9.17, 15) is 9.59 Å². The number of nitrogens with one attached hydrogen (secondary N) is 1. The minimum Gasteiger partial charge on any atom is -0.453 e. The number of ether oxygens (including phenoxy) is 1. The smallest absolute Gasteiger partial charge is 0.413 e. The van der Waals surface area contributed by atoms with E-state index in [1.807, 2.05) is 4.90 Å². The van der Waals surface area contributed by atoms with Crippen molar-refractivity contribution in [3.8, 4) is 0 Å². The van der Waals surface area contributed by atoms with E-state index in [0.29, 0.717) is 6.54 Å². The van der Waals surface area contributed by atoms with E-state index in [-0.39, 0.29) is 18.5 Å². The second-order valence-electron chi connectivity index (χ2n) is 3.68. The third-order valence-electron chi connectivity index (χ3n) is 2.34. The van der Waals surface area contributed by atoms with Gasteiger partial charge in [0, 0.05) is 12.6 Å². The minimum atomic E-state index is -0.721. The number of hydrogen-bond acceptors (Lipinski definition) is 5. The highest BCUT2D eigenvalue weighted by molar-refractivity contribution is 5.92. The van der Waals surface area contributed by atoms with E-state index in [4.69, 9.17) is 5.73 Å². The fraction of sp³-hybridized carbons (Fsp3) is 0.778. The van der Waals surface area contributed by atoms with Crippen LogP contribution >= 0.6 is 0 Å². The molecule has 1 atom stereocenters. The summed E-state index contributed by atoms with van der Waals surface area (Å²) in [6, 6.07) is 0.129. The zero-order valence-corrected chi connectivity index (χ0v) is 8.86.